The number of nitrogens with one attached hydrogen (secondary N) is 1. The molecule has 0 aromatic heterocycles. The van der Waals surface area contributed by atoms with E-state index in [1.165, 1.54) is 24.3 Å². The zero-order valence-electron chi connectivity index (χ0n) is 17.0. The fourth-order valence-corrected chi connectivity index (χ4v) is 4.63. The molecular formula is C22H21N3O5S. The number of nitrogens with zero attached hydrogens (tertiary/aromatic N) is 2. The van der Waals surface area contributed by atoms with Crippen molar-refractivity contribution >= 4 is 33.0 Å². The van der Waals surface area contributed by atoms with Gasteiger partial charge >= 0.3 is 0 Å². The molecule has 0 heterocycles. The van der Waals surface area contributed by atoms with Crippen LogP contribution in [0.2, 0.25) is 0 Å². The number of benzene rings is 3. The Hall–Kier alpha value is -3.72. The number of hydrogen-bond donors (Lipinski definition) is 1. The number of carbonyl (C=O) groups excluding carboxylic acids is 1. The smallest absolute Gasteiger partial charge is 0.289 e. The Balaban J connectivity index is 2.01. The van der Waals surface area contributed by atoms with E-state index >= 15 is 0 Å². The molecule has 0 saturated carbocycles. The standard InChI is InChI=1S/C22H21N3O5S/c1-16-12-13-17(2)19(14-16)23-22(26)15-24(18-8-4-3-5-9-18)31(29,30)21-11-7-6-10-20(21)25(27)28/h3-14H,15H2,1-2H3,(H,23,26). The highest BCUT2D eigenvalue weighted by Crippen LogP contribution is 2.29. The van der Waals surface area contributed by atoms with Crippen molar-refractivity contribution in [3.63, 3.8) is 0 Å². The maximum atomic E-state index is 13.4. The van der Waals surface area contributed by atoms with Crippen LogP contribution in [0.3, 0.4) is 0 Å². The van der Waals surface area contributed by atoms with E-state index in [0.29, 0.717) is 5.69 Å². The molecule has 0 bridgehead atoms. The second-order valence-corrected chi connectivity index (χ2v) is 8.77. The third-order valence-corrected chi connectivity index (χ3v) is 6.45. The monoisotopic (exact) mass is 439 g/mol. The first-order valence-electron chi connectivity index (χ1n) is 9.38. The highest BCUT2D eigenvalue weighted by atomic mass is 32.2. The van der Waals surface area contributed by atoms with E-state index in [2.05, 4.69) is 5.32 Å². The van der Waals surface area contributed by atoms with Crippen LogP contribution in [0, 0.1) is 24.0 Å². The Morgan fingerprint density at radius 1 is 1.00 bits per heavy atom. The van der Waals surface area contributed by atoms with Gasteiger partial charge in [0, 0.05) is 11.8 Å². The van der Waals surface area contributed by atoms with E-state index in [1.807, 2.05) is 26.0 Å². The quantitative estimate of drug-likeness (QED) is 0.441. The van der Waals surface area contributed by atoms with Crippen molar-refractivity contribution in [2.24, 2.45) is 0 Å². The number of para-hydroxylation sites is 2. The van der Waals surface area contributed by atoms with Crippen molar-refractivity contribution in [1.82, 2.24) is 0 Å². The summed E-state index contributed by atoms with van der Waals surface area (Å²) in [6.07, 6.45) is 0. The lowest BCUT2D eigenvalue weighted by Crippen LogP contribution is -2.38. The maximum Gasteiger partial charge on any atom is 0.289 e. The molecule has 0 aliphatic rings. The lowest BCUT2D eigenvalue weighted by Gasteiger charge is -2.24. The van der Waals surface area contributed by atoms with Gasteiger partial charge in [0.25, 0.3) is 15.7 Å². The van der Waals surface area contributed by atoms with Crippen LogP contribution >= 0.6 is 0 Å². The van der Waals surface area contributed by atoms with Crippen molar-refractivity contribution in [2.45, 2.75) is 18.7 Å². The molecule has 1 amide bonds. The lowest BCUT2D eigenvalue weighted by molar-refractivity contribution is -0.387. The fourth-order valence-electron chi connectivity index (χ4n) is 3.04. The zero-order chi connectivity index (χ0) is 22.6. The summed E-state index contributed by atoms with van der Waals surface area (Å²) in [7, 11) is -4.40. The average Bonchev–Trinajstić information content (AvgIpc) is 2.75. The Labute approximate surface area is 180 Å². The Morgan fingerprint density at radius 2 is 1.65 bits per heavy atom. The van der Waals surface area contributed by atoms with Crippen molar-refractivity contribution in [1.29, 1.82) is 0 Å². The van der Waals surface area contributed by atoms with Gasteiger partial charge in [0.1, 0.15) is 6.54 Å². The summed E-state index contributed by atoms with van der Waals surface area (Å²) in [4.78, 5) is 23.0. The van der Waals surface area contributed by atoms with Gasteiger partial charge in [-0.3, -0.25) is 19.2 Å². The number of carbonyl (C=O) groups is 1. The summed E-state index contributed by atoms with van der Waals surface area (Å²) in [5.41, 5.74) is 2.00. The fraction of sp³-hybridized carbons (Fsp3) is 0.136. The van der Waals surface area contributed by atoms with E-state index in [-0.39, 0.29) is 5.69 Å². The van der Waals surface area contributed by atoms with Crippen LogP contribution in [0.25, 0.3) is 0 Å². The predicted molar refractivity (Wildman–Crippen MR) is 119 cm³/mol. The van der Waals surface area contributed by atoms with Gasteiger partial charge < -0.3 is 5.32 Å². The number of sulfonamides is 1. The summed E-state index contributed by atoms with van der Waals surface area (Å²) < 4.78 is 27.7. The molecule has 0 saturated heterocycles. The van der Waals surface area contributed by atoms with Crippen LogP contribution in [-0.2, 0) is 14.8 Å². The first-order valence-corrected chi connectivity index (χ1v) is 10.8. The molecule has 0 spiro atoms. The predicted octanol–water partition coefficient (Wildman–Crippen LogP) is 4.05. The molecule has 3 aromatic carbocycles. The van der Waals surface area contributed by atoms with Gasteiger partial charge in [-0.25, -0.2) is 8.42 Å². The molecule has 0 atom stereocenters. The molecule has 160 valence electrons. The molecule has 3 aromatic rings. The number of hydrogen-bond acceptors (Lipinski definition) is 5. The molecule has 31 heavy (non-hydrogen) atoms. The second-order valence-electron chi connectivity index (χ2n) is 6.94. The molecule has 3 rings (SSSR count). The highest BCUT2D eigenvalue weighted by molar-refractivity contribution is 7.93. The molecular weight excluding hydrogens is 418 g/mol. The van der Waals surface area contributed by atoms with Crippen LogP contribution in [0.15, 0.2) is 77.7 Å². The van der Waals surface area contributed by atoms with Crippen molar-refractivity contribution < 1.29 is 18.1 Å². The number of nitro groups is 1. The first kappa shape index (κ1) is 22.0. The first-order chi connectivity index (χ1) is 14.7. The highest BCUT2D eigenvalue weighted by Gasteiger charge is 2.33. The average molecular weight is 439 g/mol. The van der Waals surface area contributed by atoms with Gasteiger partial charge in [0.15, 0.2) is 4.90 Å². The minimum Gasteiger partial charge on any atom is -0.324 e. The summed E-state index contributed by atoms with van der Waals surface area (Å²) in [5.74, 6) is -0.570. The largest absolute Gasteiger partial charge is 0.324 e. The van der Waals surface area contributed by atoms with E-state index in [1.54, 1.807) is 24.3 Å². The van der Waals surface area contributed by atoms with Crippen LogP contribution in [0.4, 0.5) is 17.1 Å². The molecule has 0 radical (unpaired) electrons. The van der Waals surface area contributed by atoms with Crippen molar-refractivity contribution in [3.8, 4) is 0 Å². The molecule has 1 N–H and O–H groups in total. The third-order valence-electron chi connectivity index (χ3n) is 4.63. The number of anilines is 2. The number of aryl methyl sites for hydroxylation is 2. The number of nitro benzene ring substituents is 1. The second kappa shape index (κ2) is 8.97. The van der Waals surface area contributed by atoms with Gasteiger partial charge in [-0.05, 0) is 49.2 Å². The minimum absolute atomic E-state index is 0.219. The Morgan fingerprint density at radius 3 is 2.32 bits per heavy atom. The van der Waals surface area contributed by atoms with E-state index in [4.69, 9.17) is 0 Å². The normalized spacial score (nSPS) is 11.0. The Kier molecular flexibility index (Phi) is 6.36. The number of rotatable bonds is 7. The molecule has 0 unspecified atom stereocenters. The van der Waals surface area contributed by atoms with Crippen LogP contribution < -0.4 is 9.62 Å². The van der Waals surface area contributed by atoms with E-state index in [0.717, 1.165) is 27.6 Å². The van der Waals surface area contributed by atoms with Crippen LogP contribution in [-0.4, -0.2) is 25.8 Å². The van der Waals surface area contributed by atoms with Crippen molar-refractivity contribution in [3.05, 3.63) is 94.0 Å². The van der Waals surface area contributed by atoms with Crippen LogP contribution in [0.1, 0.15) is 11.1 Å². The molecule has 9 heteroatoms. The van der Waals surface area contributed by atoms with Gasteiger partial charge in [-0.1, -0.05) is 42.5 Å². The summed E-state index contributed by atoms with van der Waals surface area (Å²) in [5, 5.41) is 14.1. The van der Waals surface area contributed by atoms with E-state index < -0.39 is 38.0 Å². The summed E-state index contributed by atoms with van der Waals surface area (Å²) in [6, 6.07) is 18.6. The maximum absolute atomic E-state index is 13.4. The van der Waals surface area contributed by atoms with Crippen LogP contribution in [0.5, 0.6) is 0 Å². The summed E-state index contributed by atoms with van der Waals surface area (Å²) in [6.45, 7) is 3.16. The lowest BCUT2D eigenvalue weighted by atomic mass is 10.1. The van der Waals surface area contributed by atoms with E-state index in [9.17, 15) is 23.3 Å². The third kappa shape index (κ3) is 4.89. The summed E-state index contributed by atoms with van der Waals surface area (Å²) >= 11 is 0. The van der Waals surface area contributed by atoms with Gasteiger partial charge in [-0.15, -0.1) is 0 Å². The zero-order valence-corrected chi connectivity index (χ0v) is 17.8. The molecule has 8 nitrogen and oxygen atoms in total. The van der Waals surface area contributed by atoms with Gasteiger partial charge in [0.2, 0.25) is 5.91 Å². The van der Waals surface area contributed by atoms with Gasteiger partial charge in [0.05, 0.1) is 10.6 Å². The molecule has 0 aliphatic heterocycles. The SMILES string of the molecule is Cc1ccc(C)c(NC(=O)CN(c2ccccc2)S(=O)(=O)c2ccccc2[N+](=O)[O-])c1. The Bertz CT molecular complexity index is 1230. The molecule has 0 aliphatic carbocycles. The van der Waals surface area contributed by atoms with Gasteiger partial charge in [-0.2, -0.15) is 0 Å². The topological polar surface area (TPSA) is 110 Å². The van der Waals surface area contributed by atoms with Crippen molar-refractivity contribution in [2.75, 3.05) is 16.2 Å². The minimum atomic E-state index is -4.40. The molecule has 0 fully saturated rings. The number of amides is 1.